The Morgan fingerprint density at radius 3 is 2.69 bits per heavy atom. The van der Waals surface area contributed by atoms with Crippen molar-refractivity contribution in [1.82, 2.24) is 29.3 Å². The van der Waals surface area contributed by atoms with Crippen LogP contribution in [0.1, 0.15) is 46.2 Å². The number of aromatic amines is 1. The lowest BCUT2D eigenvalue weighted by atomic mass is 9.87. The van der Waals surface area contributed by atoms with Gasteiger partial charge < -0.3 is 19.4 Å². The highest BCUT2D eigenvalue weighted by atomic mass is 16.5. The van der Waals surface area contributed by atoms with Gasteiger partial charge in [0, 0.05) is 53.9 Å². The summed E-state index contributed by atoms with van der Waals surface area (Å²) in [6.45, 7) is 5.82. The Labute approximate surface area is 202 Å². The molecule has 0 aliphatic heterocycles. The summed E-state index contributed by atoms with van der Waals surface area (Å²) in [5, 5.41) is 15.6. The molecule has 182 valence electrons. The zero-order chi connectivity index (χ0) is 25.1. The molecule has 0 amide bonds. The van der Waals surface area contributed by atoms with Crippen molar-refractivity contribution < 1.29 is 14.6 Å². The van der Waals surface area contributed by atoms with E-state index in [0.717, 1.165) is 11.4 Å². The van der Waals surface area contributed by atoms with Crippen LogP contribution < -0.4 is 5.56 Å². The smallest absolute Gasteiger partial charge is 0.306 e. The normalized spacial score (nSPS) is 12.0. The Morgan fingerprint density at radius 1 is 1.23 bits per heavy atom. The number of hydrogen-bond donors (Lipinski definition) is 2. The molecule has 0 fully saturated rings. The van der Waals surface area contributed by atoms with Crippen molar-refractivity contribution in [3.63, 3.8) is 0 Å². The summed E-state index contributed by atoms with van der Waals surface area (Å²) < 4.78 is 8.23. The van der Waals surface area contributed by atoms with Gasteiger partial charge in [-0.05, 0) is 39.0 Å². The summed E-state index contributed by atoms with van der Waals surface area (Å²) in [6.07, 6.45) is 5.40. The highest BCUT2D eigenvalue weighted by molar-refractivity contribution is 5.72. The maximum atomic E-state index is 13.7. The summed E-state index contributed by atoms with van der Waals surface area (Å²) in [4.78, 5) is 37.6. The molecular weight excluding hydrogens is 448 g/mol. The summed E-state index contributed by atoms with van der Waals surface area (Å²) in [7, 11) is 1.30. The Kier molecular flexibility index (Phi) is 6.81. The Bertz CT molecular complexity index is 1390. The van der Waals surface area contributed by atoms with Crippen molar-refractivity contribution in [2.45, 2.75) is 46.1 Å². The number of H-pyrrole nitrogens is 1. The molecule has 4 rings (SSSR count). The summed E-state index contributed by atoms with van der Waals surface area (Å²) in [5.74, 6) is -0.806. The number of carbonyl (C=O) groups is 1. The van der Waals surface area contributed by atoms with Crippen molar-refractivity contribution >= 4 is 5.97 Å². The maximum Gasteiger partial charge on any atom is 0.306 e. The Hall–Kier alpha value is -4.21. The molecule has 2 N–H and O–H groups in total. The minimum Gasteiger partial charge on any atom is -0.507 e. The van der Waals surface area contributed by atoms with Gasteiger partial charge >= 0.3 is 5.97 Å². The number of imidazole rings is 1. The van der Waals surface area contributed by atoms with Crippen LogP contribution in [0.15, 0.2) is 47.8 Å². The van der Waals surface area contributed by atoms with Crippen LogP contribution >= 0.6 is 0 Å². The quantitative estimate of drug-likeness (QED) is 0.374. The minimum atomic E-state index is -0.758. The van der Waals surface area contributed by atoms with Crippen LogP contribution in [0, 0.1) is 20.8 Å². The molecule has 0 spiro atoms. The highest BCUT2D eigenvalue weighted by Gasteiger charge is 2.31. The monoisotopic (exact) mass is 476 g/mol. The van der Waals surface area contributed by atoms with E-state index in [2.05, 4.69) is 20.1 Å². The van der Waals surface area contributed by atoms with E-state index >= 15 is 0 Å². The van der Waals surface area contributed by atoms with Gasteiger partial charge in [0.25, 0.3) is 5.56 Å². The first kappa shape index (κ1) is 23.9. The van der Waals surface area contributed by atoms with Crippen LogP contribution in [0.5, 0.6) is 5.75 Å². The summed E-state index contributed by atoms with van der Waals surface area (Å²) in [6, 6.07) is 7.05. The van der Waals surface area contributed by atoms with E-state index in [4.69, 9.17) is 4.74 Å². The lowest BCUT2D eigenvalue weighted by molar-refractivity contribution is -0.140. The first-order valence-corrected chi connectivity index (χ1v) is 11.3. The van der Waals surface area contributed by atoms with Crippen molar-refractivity contribution in [3.8, 4) is 11.6 Å². The number of hydrogen-bond acceptors (Lipinski definition) is 7. The van der Waals surface area contributed by atoms with E-state index in [1.54, 1.807) is 41.0 Å². The number of pyridine rings is 2. The number of nitrogens with one attached hydrogen (secondary N) is 1. The largest absolute Gasteiger partial charge is 0.507 e. The Balaban J connectivity index is 1.85. The molecule has 4 heterocycles. The second-order valence-electron chi connectivity index (χ2n) is 8.39. The third kappa shape index (κ3) is 4.72. The van der Waals surface area contributed by atoms with Gasteiger partial charge in [-0.15, -0.1) is 0 Å². The van der Waals surface area contributed by atoms with Crippen LogP contribution in [0.3, 0.4) is 0 Å². The lowest BCUT2D eigenvalue weighted by Crippen LogP contribution is -2.29. The van der Waals surface area contributed by atoms with Gasteiger partial charge in [-0.2, -0.15) is 5.10 Å². The minimum absolute atomic E-state index is 0.126. The van der Waals surface area contributed by atoms with E-state index in [-0.39, 0.29) is 23.3 Å². The van der Waals surface area contributed by atoms with Gasteiger partial charge in [-0.25, -0.2) is 14.6 Å². The van der Waals surface area contributed by atoms with Crippen LogP contribution in [-0.2, 0) is 22.5 Å². The van der Waals surface area contributed by atoms with Crippen LogP contribution in [-0.4, -0.2) is 47.5 Å². The number of ether oxygens (including phenoxy) is 1. The molecule has 10 nitrogen and oxygen atoms in total. The molecule has 0 aliphatic carbocycles. The molecule has 35 heavy (non-hydrogen) atoms. The van der Waals surface area contributed by atoms with Gasteiger partial charge in [0.05, 0.1) is 31.1 Å². The number of aromatic nitrogens is 6. The predicted octanol–water partition coefficient (Wildman–Crippen LogP) is 2.72. The first-order valence-electron chi connectivity index (χ1n) is 11.3. The van der Waals surface area contributed by atoms with E-state index in [9.17, 15) is 14.7 Å². The second kappa shape index (κ2) is 9.96. The van der Waals surface area contributed by atoms with Crippen molar-refractivity contribution in [1.29, 1.82) is 0 Å². The fourth-order valence-corrected chi connectivity index (χ4v) is 4.49. The van der Waals surface area contributed by atoms with Gasteiger partial charge in [-0.3, -0.25) is 9.59 Å². The van der Waals surface area contributed by atoms with E-state index in [1.807, 2.05) is 32.0 Å². The standard InChI is InChI=1S/C25H28N6O4/c1-15-11-20(32)24(25(34)30(15)10-8-18-13-26-14-28-18)19(12-22(33)35-4)23-16(2)29-31(17(23)3)21-7-5-6-9-27-21/h5-7,9,11,13-14,19,32H,8,10,12H2,1-4H3,(H,26,28)/t19-/m1/s1. The third-order valence-corrected chi connectivity index (χ3v) is 6.19. The first-order chi connectivity index (χ1) is 16.8. The van der Waals surface area contributed by atoms with Crippen molar-refractivity contribution in [2.75, 3.05) is 7.11 Å². The molecule has 0 saturated carbocycles. The average molecular weight is 477 g/mol. The van der Waals surface area contributed by atoms with Gasteiger partial charge in [0.1, 0.15) is 5.75 Å². The number of esters is 1. The lowest BCUT2D eigenvalue weighted by Gasteiger charge is -2.21. The van der Waals surface area contributed by atoms with Crippen molar-refractivity contribution in [3.05, 3.63) is 87.2 Å². The number of nitrogens with zero attached hydrogens (tertiary/aromatic N) is 5. The average Bonchev–Trinajstić information content (AvgIpc) is 3.46. The number of rotatable bonds is 8. The molecule has 10 heteroatoms. The molecule has 4 aromatic heterocycles. The molecule has 1 atom stereocenters. The van der Waals surface area contributed by atoms with Crippen molar-refractivity contribution in [2.24, 2.45) is 0 Å². The second-order valence-corrected chi connectivity index (χ2v) is 8.39. The van der Waals surface area contributed by atoms with E-state index in [0.29, 0.717) is 35.7 Å². The van der Waals surface area contributed by atoms with E-state index < -0.39 is 11.9 Å². The highest BCUT2D eigenvalue weighted by Crippen LogP contribution is 2.36. The number of aryl methyl sites for hydroxylation is 3. The van der Waals surface area contributed by atoms with Crippen LogP contribution in [0.4, 0.5) is 0 Å². The Morgan fingerprint density at radius 2 is 2.03 bits per heavy atom. The predicted molar refractivity (Wildman–Crippen MR) is 129 cm³/mol. The molecule has 0 aliphatic rings. The zero-order valence-electron chi connectivity index (χ0n) is 20.1. The number of methoxy groups -OCH3 is 1. The molecule has 0 unspecified atom stereocenters. The fraction of sp³-hybridized carbons (Fsp3) is 0.320. The topological polar surface area (TPSA) is 128 Å². The number of carbonyl (C=O) groups excluding carboxylic acids is 1. The molecular formula is C25H28N6O4. The number of aromatic hydroxyl groups is 1. The summed E-state index contributed by atoms with van der Waals surface area (Å²) in [5.41, 5.74) is 3.31. The fourth-order valence-electron chi connectivity index (χ4n) is 4.49. The third-order valence-electron chi connectivity index (χ3n) is 6.19. The summed E-state index contributed by atoms with van der Waals surface area (Å²) >= 11 is 0. The molecule has 4 aromatic rings. The van der Waals surface area contributed by atoms with E-state index in [1.165, 1.54) is 7.11 Å². The SMILES string of the molecule is COC(=O)C[C@H](c1c(C)nn(-c2ccccn2)c1C)c1c(O)cc(C)n(CCc2cnc[nH]2)c1=O. The van der Waals surface area contributed by atoms with Crippen LogP contribution in [0.25, 0.3) is 5.82 Å². The van der Waals surface area contributed by atoms with Gasteiger partial charge in [0.2, 0.25) is 0 Å². The molecule has 0 bridgehead atoms. The van der Waals surface area contributed by atoms with Gasteiger partial charge in [0.15, 0.2) is 5.82 Å². The van der Waals surface area contributed by atoms with Crippen LogP contribution in [0.2, 0.25) is 0 Å². The molecule has 0 radical (unpaired) electrons. The van der Waals surface area contributed by atoms with Gasteiger partial charge in [-0.1, -0.05) is 6.07 Å². The molecule has 0 aromatic carbocycles. The maximum absolute atomic E-state index is 13.7. The zero-order valence-corrected chi connectivity index (χ0v) is 20.1. The molecule has 0 saturated heterocycles.